The fourth-order valence-corrected chi connectivity index (χ4v) is 1.44. The lowest BCUT2D eigenvalue weighted by atomic mass is 9.91. The van der Waals surface area contributed by atoms with Crippen LogP contribution in [-0.2, 0) is 14.3 Å². The second kappa shape index (κ2) is 8.91. The van der Waals surface area contributed by atoms with Gasteiger partial charge in [0, 0.05) is 26.8 Å². The third-order valence-electron chi connectivity index (χ3n) is 2.95. The van der Waals surface area contributed by atoms with Gasteiger partial charge in [-0.05, 0) is 32.6 Å². The van der Waals surface area contributed by atoms with Gasteiger partial charge in [0.1, 0.15) is 5.41 Å². The summed E-state index contributed by atoms with van der Waals surface area (Å²) >= 11 is 0. The number of rotatable bonds is 9. The van der Waals surface area contributed by atoms with Crippen LogP contribution in [0.2, 0.25) is 0 Å². The monoisotopic (exact) mass is 272 g/mol. The summed E-state index contributed by atoms with van der Waals surface area (Å²) in [5.74, 6) is 0.0642. The molecule has 0 heterocycles. The van der Waals surface area contributed by atoms with Gasteiger partial charge in [-0.1, -0.05) is 13.8 Å². The van der Waals surface area contributed by atoms with Crippen LogP contribution in [0.3, 0.4) is 0 Å². The molecule has 0 aliphatic carbocycles. The maximum atomic E-state index is 12.0. The van der Waals surface area contributed by atoms with Crippen molar-refractivity contribution in [1.29, 1.82) is 0 Å². The minimum atomic E-state index is -1.04. The maximum absolute atomic E-state index is 12.0. The molecule has 19 heavy (non-hydrogen) atoms. The SMILES string of the molecule is COCCCNC(=O)C(C)(C)C(=O)NCCC(C)C. The molecule has 112 valence electrons. The van der Waals surface area contributed by atoms with Crippen molar-refractivity contribution in [2.75, 3.05) is 26.8 Å². The lowest BCUT2D eigenvalue weighted by Gasteiger charge is -2.23. The number of nitrogens with one attached hydrogen (secondary N) is 2. The summed E-state index contributed by atoms with van der Waals surface area (Å²) in [7, 11) is 1.62. The molecule has 0 bridgehead atoms. The van der Waals surface area contributed by atoms with Gasteiger partial charge in [0.25, 0.3) is 0 Å². The van der Waals surface area contributed by atoms with E-state index in [9.17, 15) is 9.59 Å². The minimum Gasteiger partial charge on any atom is -0.385 e. The molecule has 0 saturated heterocycles. The predicted molar refractivity (Wildman–Crippen MR) is 75.7 cm³/mol. The van der Waals surface area contributed by atoms with Crippen molar-refractivity contribution in [2.24, 2.45) is 11.3 Å². The number of hydrogen-bond acceptors (Lipinski definition) is 3. The first-order chi connectivity index (χ1) is 8.82. The Morgan fingerprint density at radius 3 is 2.11 bits per heavy atom. The molecule has 0 spiro atoms. The minimum absolute atomic E-state index is 0.225. The number of carbonyl (C=O) groups is 2. The number of carbonyl (C=O) groups excluding carboxylic acids is 2. The average Bonchev–Trinajstić information content (AvgIpc) is 2.33. The quantitative estimate of drug-likeness (QED) is 0.491. The predicted octanol–water partition coefficient (Wildman–Crippen LogP) is 1.33. The molecular formula is C14H28N2O3. The molecule has 0 aliphatic rings. The molecule has 0 atom stereocenters. The standard InChI is InChI=1S/C14H28N2O3/c1-11(2)7-9-16-13(18)14(3,4)12(17)15-8-6-10-19-5/h11H,6-10H2,1-5H3,(H,15,17)(H,16,18). The van der Waals surface area contributed by atoms with E-state index in [0.29, 0.717) is 25.6 Å². The van der Waals surface area contributed by atoms with Gasteiger partial charge in [-0.3, -0.25) is 9.59 Å². The molecule has 0 rings (SSSR count). The molecule has 0 aromatic rings. The third kappa shape index (κ3) is 7.15. The van der Waals surface area contributed by atoms with Crippen LogP contribution in [0.5, 0.6) is 0 Å². The second-order valence-electron chi connectivity index (χ2n) is 5.67. The van der Waals surface area contributed by atoms with Crippen molar-refractivity contribution in [3.8, 4) is 0 Å². The summed E-state index contributed by atoms with van der Waals surface area (Å²) in [5.41, 5.74) is -1.04. The topological polar surface area (TPSA) is 67.4 Å². The molecule has 2 N–H and O–H groups in total. The third-order valence-corrected chi connectivity index (χ3v) is 2.95. The lowest BCUT2D eigenvalue weighted by molar-refractivity contribution is -0.141. The van der Waals surface area contributed by atoms with Crippen LogP contribution in [0.4, 0.5) is 0 Å². The highest BCUT2D eigenvalue weighted by Gasteiger charge is 2.35. The van der Waals surface area contributed by atoms with Gasteiger partial charge >= 0.3 is 0 Å². The highest BCUT2D eigenvalue weighted by atomic mass is 16.5. The van der Waals surface area contributed by atoms with Crippen molar-refractivity contribution in [3.05, 3.63) is 0 Å². The van der Waals surface area contributed by atoms with Crippen molar-refractivity contribution in [3.63, 3.8) is 0 Å². The van der Waals surface area contributed by atoms with E-state index in [-0.39, 0.29) is 11.8 Å². The van der Waals surface area contributed by atoms with Crippen molar-refractivity contribution >= 4 is 11.8 Å². The Labute approximate surface area is 116 Å². The van der Waals surface area contributed by atoms with E-state index in [0.717, 1.165) is 12.8 Å². The fourth-order valence-electron chi connectivity index (χ4n) is 1.44. The van der Waals surface area contributed by atoms with E-state index in [1.807, 2.05) is 0 Å². The Morgan fingerprint density at radius 1 is 1.11 bits per heavy atom. The first kappa shape index (κ1) is 17.9. The zero-order valence-corrected chi connectivity index (χ0v) is 12.8. The highest BCUT2D eigenvalue weighted by Crippen LogP contribution is 2.15. The van der Waals surface area contributed by atoms with Crippen LogP contribution in [0.25, 0.3) is 0 Å². The molecular weight excluding hydrogens is 244 g/mol. The van der Waals surface area contributed by atoms with Gasteiger partial charge in [-0.2, -0.15) is 0 Å². The van der Waals surface area contributed by atoms with E-state index in [1.165, 1.54) is 0 Å². The molecule has 0 fully saturated rings. The van der Waals surface area contributed by atoms with Crippen molar-refractivity contribution in [1.82, 2.24) is 10.6 Å². The summed E-state index contributed by atoms with van der Waals surface area (Å²) in [6, 6.07) is 0. The Morgan fingerprint density at radius 2 is 1.63 bits per heavy atom. The first-order valence-corrected chi connectivity index (χ1v) is 6.88. The normalized spacial score (nSPS) is 11.5. The molecule has 5 nitrogen and oxygen atoms in total. The molecule has 0 saturated carbocycles. The maximum Gasteiger partial charge on any atom is 0.235 e. The van der Waals surface area contributed by atoms with Crippen molar-refractivity contribution < 1.29 is 14.3 Å². The number of amides is 2. The number of ether oxygens (including phenoxy) is 1. The molecule has 0 aromatic carbocycles. The van der Waals surface area contributed by atoms with E-state index >= 15 is 0 Å². The molecule has 2 amide bonds. The summed E-state index contributed by atoms with van der Waals surface area (Å²) in [6.07, 6.45) is 1.66. The van der Waals surface area contributed by atoms with Gasteiger partial charge in [-0.25, -0.2) is 0 Å². The first-order valence-electron chi connectivity index (χ1n) is 6.88. The Hall–Kier alpha value is -1.10. The van der Waals surface area contributed by atoms with Crippen LogP contribution in [-0.4, -0.2) is 38.6 Å². The fraction of sp³-hybridized carbons (Fsp3) is 0.857. The zero-order valence-electron chi connectivity index (χ0n) is 12.8. The van der Waals surface area contributed by atoms with Gasteiger partial charge in [0.05, 0.1) is 0 Å². The Bertz CT molecular complexity index is 288. The van der Waals surface area contributed by atoms with Crippen LogP contribution < -0.4 is 10.6 Å². The van der Waals surface area contributed by atoms with Crippen LogP contribution in [0.15, 0.2) is 0 Å². The number of methoxy groups -OCH3 is 1. The Balaban J connectivity index is 4.11. The molecule has 0 radical (unpaired) electrons. The van der Waals surface area contributed by atoms with E-state index in [4.69, 9.17) is 4.74 Å². The number of hydrogen-bond donors (Lipinski definition) is 2. The summed E-state index contributed by atoms with van der Waals surface area (Å²) in [5, 5.41) is 5.57. The lowest BCUT2D eigenvalue weighted by Crippen LogP contribution is -2.48. The smallest absolute Gasteiger partial charge is 0.235 e. The van der Waals surface area contributed by atoms with Crippen LogP contribution >= 0.6 is 0 Å². The van der Waals surface area contributed by atoms with E-state index < -0.39 is 5.41 Å². The average molecular weight is 272 g/mol. The summed E-state index contributed by atoms with van der Waals surface area (Å²) < 4.78 is 4.90. The second-order valence-corrected chi connectivity index (χ2v) is 5.67. The Kier molecular flexibility index (Phi) is 8.39. The van der Waals surface area contributed by atoms with Crippen LogP contribution in [0.1, 0.15) is 40.5 Å². The van der Waals surface area contributed by atoms with E-state index in [1.54, 1.807) is 21.0 Å². The van der Waals surface area contributed by atoms with E-state index in [2.05, 4.69) is 24.5 Å². The van der Waals surface area contributed by atoms with Crippen LogP contribution in [0, 0.1) is 11.3 Å². The molecule has 0 aromatic heterocycles. The highest BCUT2D eigenvalue weighted by molar-refractivity contribution is 6.04. The van der Waals surface area contributed by atoms with Gasteiger partial charge in [0.15, 0.2) is 0 Å². The van der Waals surface area contributed by atoms with Crippen molar-refractivity contribution in [2.45, 2.75) is 40.5 Å². The summed E-state index contributed by atoms with van der Waals surface area (Å²) in [4.78, 5) is 23.9. The largest absolute Gasteiger partial charge is 0.385 e. The zero-order chi connectivity index (χ0) is 14.9. The summed E-state index contributed by atoms with van der Waals surface area (Å²) in [6.45, 7) is 9.21. The van der Waals surface area contributed by atoms with Gasteiger partial charge in [-0.15, -0.1) is 0 Å². The van der Waals surface area contributed by atoms with Gasteiger partial charge in [0.2, 0.25) is 11.8 Å². The molecule has 5 heteroatoms. The molecule has 0 aliphatic heterocycles. The van der Waals surface area contributed by atoms with Gasteiger partial charge < -0.3 is 15.4 Å². The molecule has 0 unspecified atom stereocenters.